The zero-order valence-corrected chi connectivity index (χ0v) is 12.1. The van der Waals surface area contributed by atoms with Gasteiger partial charge in [0.25, 0.3) is 0 Å². The number of nitrogens with zero attached hydrogens (tertiary/aromatic N) is 2. The number of hydrogen-bond donors (Lipinski definition) is 1. The quantitative estimate of drug-likeness (QED) is 0.746. The number of nitrogens with one attached hydrogen (secondary N) is 1. The smallest absolute Gasteiger partial charge is 0.178 e. The van der Waals surface area contributed by atoms with E-state index >= 15 is 0 Å². The lowest BCUT2D eigenvalue weighted by Gasteiger charge is -2.14. The zero-order valence-electron chi connectivity index (χ0n) is 11.3. The Morgan fingerprint density at radius 1 is 1.30 bits per heavy atom. The number of H-pyrrole nitrogens is 1. The van der Waals surface area contributed by atoms with Crippen molar-refractivity contribution in [2.24, 2.45) is 0 Å². The molecule has 1 N–H and O–H groups in total. The van der Waals surface area contributed by atoms with E-state index in [1.807, 2.05) is 36.4 Å². The van der Waals surface area contributed by atoms with Crippen LogP contribution in [-0.2, 0) is 0 Å². The van der Waals surface area contributed by atoms with E-state index < -0.39 is 0 Å². The number of imidazole rings is 1. The van der Waals surface area contributed by atoms with E-state index in [1.54, 1.807) is 13.3 Å². The average Bonchev–Trinajstić information content (AvgIpc) is 2.82. The highest BCUT2D eigenvalue weighted by Crippen LogP contribution is 2.26. The Hall–Kier alpha value is -2.14. The third-order valence-corrected chi connectivity index (χ3v) is 3.73. The molecule has 1 aromatic carbocycles. The molecule has 5 heteroatoms. The number of fused-ring (bicyclic) bond motifs is 1. The molecule has 0 saturated heterocycles. The first kappa shape index (κ1) is 12.9. The van der Waals surface area contributed by atoms with Crippen LogP contribution in [0.5, 0.6) is 5.75 Å². The van der Waals surface area contributed by atoms with Gasteiger partial charge in [0.1, 0.15) is 5.75 Å². The van der Waals surface area contributed by atoms with Crippen LogP contribution in [0.4, 0.5) is 0 Å². The van der Waals surface area contributed by atoms with Crippen LogP contribution >= 0.6 is 12.2 Å². The van der Waals surface area contributed by atoms with Crippen molar-refractivity contribution in [2.75, 3.05) is 7.11 Å². The van der Waals surface area contributed by atoms with Gasteiger partial charge in [-0.1, -0.05) is 6.07 Å². The van der Waals surface area contributed by atoms with E-state index in [0.717, 1.165) is 22.5 Å². The van der Waals surface area contributed by atoms with Crippen molar-refractivity contribution >= 4 is 23.3 Å². The van der Waals surface area contributed by atoms with E-state index in [-0.39, 0.29) is 6.04 Å². The lowest BCUT2D eigenvalue weighted by atomic mass is 10.2. The van der Waals surface area contributed by atoms with Crippen molar-refractivity contribution in [1.29, 1.82) is 0 Å². The van der Waals surface area contributed by atoms with Crippen LogP contribution in [0.1, 0.15) is 18.7 Å². The maximum Gasteiger partial charge on any atom is 0.178 e. The second-order valence-electron chi connectivity index (χ2n) is 4.61. The van der Waals surface area contributed by atoms with Gasteiger partial charge in [-0.3, -0.25) is 4.98 Å². The van der Waals surface area contributed by atoms with E-state index in [4.69, 9.17) is 17.0 Å². The number of rotatable bonds is 3. The third-order valence-electron chi connectivity index (χ3n) is 3.43. The highest BCUT2D eigenvalue weighted by Gasteiger charge is 2.14. The van der Waals surface area contributed by atoms with Crippen LogP contribution < -0.4 is 4.74 Å². The van der Waals surface area contributed by atoms with Crippen molar-refractivity contribution < 1.29 is 4.74 Å². The SMILES string of the molecule is COc1ccc2[nH]c(=S)n(C(C)c3ccccn3)c2c1. The summed E-state index contributed by atoms with van der Waals surface area (Å²) in [5.41, 5.74) is 3.00. The van der Waals surface area contributed by atoms with E-state index in [0.29, 0.717) is 4.77 Å². The Kier molecular flexibility index (Phi) is 3.28. The summed E-state index contributed by atoms with van der Waals surface area (Å²) < 4.78 is 8.05. The van der Waals surface area contributed by atoms with Gasteiger partial charge in [0.15, 0.2) is 4.77 Å². The topological polar surface area (TPSA) is 42.8 Å². The zero-order chi connectivity index (χ0) is 14.1. The van der Waals surface area contributed by atoms with Crippen molar-refractivity contribution in [2.45, 2.75) is 13.0 Å². The van der Waals surface area contributed by atoms with Gasteiger partial charge in [0.2, 0.25) is 0 Å². The first-order valence-electron chi connectivity index (χ1n) is 6.40. The lowest BCUT2D eigenvalue weighted by molar-refractivity contribution is 0.415. The van der Waals surface area contributed by atoms with E-state index in [2.05, 4.69) is 21.5 Å². The molecule has 1 atom stereocenters. The molecule has 0 saturated carbocycles. The Labute approximate surface area is 122 Å². The van der Waals surface area contributed by atoms with Gasteiger partial charge in [-0.15, -0.1) is 0 Å². The van der Waals surface area contributed by atoms with E-state index in [9.17, 15) is 0 Å². The third kappa shape index (κ3) is 2.10. The predicted octanol–water partition coefficient (Wildman–Crippen LogP) is 3.71. The average molecular weight is 285 g/mol. The minimum atomic E-state index is 0.0598. The molecule has 0 radical (unpaired) electrons. The summed E-state index contributed by atoms with van der Waals surface area (Å²) in [5.74, 6) is 0.813. The summed E-state index contributed by atoms with van der Waals surface area (Å²) in [7, 11) is 1.66. The lowest BCUT2D eigenvalue weighted by Crippen LogP contribution is -2.08. The molecule has 2 heterocycles. The van der Waals surface area contributed by atoms with Gasteiger partial charge in [0.05, 0.1) is 29.9 Å². The fourth-order valence-corrected chi connectivity index (χ4v) is 2.73. The number of benzene rings is 1. The van der Waals surface area contributed by atoms with Crippen molar-refractivity contribution in [3.63, 3.8) is 0 Å². The van der Waals surface area contributed by atoms with E-state index in [1.165, 1.54) is 0 Å². The van der Waals surface area contributed by atoms with Gasteiger partial charge in [-0.25, -0.2) is 0 Å². The molecule has 0 fully saturated rings. The molecule has 1 unspecified atom stereocenters. The first-order valence-corrected chi connectivity index (χ1v) is 6.80. The maximum absolute atomic E-state index is 5.45. The Bertz CT molecular complexity index is 792. The minimum absolute atomic E-state index is 0.0598. The summed E-state index contributed by atoms with van der Waals surface area (Å²) in [6, 6.07) is 11.8. The van der Waals surface area contributed by atoms with Crippen molar-refractivity contribution in [3.05, 3.63) is 53.1 Å². The van der Waals surface area contributed by atoms with Crippen LogP contribution in [0.2, 0.25) is 0 Å². The highest BCUT2D eigenvalue weighted by atomic mass is 32.1. The van der Waals surface area contributed by atoms with Gasteiger partial charge in [-0.2, -0.15) is 0 Å². The molecule has 102 valence electrons. The fraction of sp³-hybridized carbons (Fsp3) is 0.200. The number of methoxy groups -OCH3 is 1. The van der Waals surface area contributed by atoms with Crippen molar-refractivity contribution in [3.8, 4) is 5.75 Å². The molecule has 0 spiro atoms. The number of hydrogen-bond acceptors (Lipinski definition) is 3. The Morgan fingerprint density at radius 3 is 2.85 bits per heavy atom. The molecular formula is C15H15N3OS. The van der Waals surface area contributed by atoms with Crippen LogP contribution in [0.25, 0.3) is 11.0 Å². The molecule has 2 aromatic heterocycles. The summed E-state index contributed by atoms with van der Waals surface area (Å²) in [6.07, 6.45) is 1.80. The largest absolute Gasteiger partial charge is 0.497 e. The second kappa shape index (κ2) is 5.09. The molecular weight excluding hydrogens is 270 g/mol. The van der Waals surface area contributed by atoms with Gasteiger partial charge in [0, 0.05) is 12.3 Å². The second-order valence-corrected chi connectivity index (χ2v) is 5.00. The molecule has 0 aliphatic carbocycles. The van der Waals surface area contributed by atoms with Crippen molar-refractivity contribution in [1.82, 2.24) is 14.5 Å². The van der Waals surface area contributed by atoms with Crippen LogP contribution in [-0.4, -0.2) is 21.6 Å². The monoisotopic (exact) mass is 285 g/mol. The van der Waals surface area contributed by atoms with Gasteiger partial charge >= 0.3 is 0 Å². The molecule has 0 amide bonds. The number of aromatic nitrogens is 3. The standard InChI is InChI=1S/C15H15N3OS/c1-10(12-5-3-4-8-16-12)18-14-9-11(19-2)6-7-13(14)17-15(18)20/h3-10H,1-2H3,(H,17,20). The Balaban J connectivity index is 2.20. The number of ether oxygens (including phenoxy) is 1. The maximum atomic E-state index is 5.45. The molecule has 0 aliphatic heterocycles. The minimum Gasteiger partial charge on any atom is -0.497 e. The summed E-state index contributed by atoms with van der Waals surface area (Å²) in [6.45, 7) is 2.09. The molecule has 0 aliphatic rings. The van der Waals surface area contributed by atoms with Gasteiger partial charge < -0.3 is 14.3 Å². The molecule has 4 nitrogen and oxygen atoms in total. The normalized spacial score (nSPS) is 12.5. The Morgan fingerprint density at radius 2 is 2.15 bits per heavy atom. The summed E-state index contributed by atoms with van der Waals surface area (Å²) in [4.78, 5) is 7.64. The summed E-state index contributed by atoms with van der Waals surface area (Å²) in [5, 5.41) is 0. The van der Waals surface area contributed by atoms with Crippen LogP contribution in [0.3, 0.4) is 0 Å². The molecule has 0 bridgehead atoms. The fourth-order valence-electron chi connectivity index (χ4n) is 2.37. The molecule has 20 heavy (non-hydrogen) atoms. The molecule has 3 aromatic rings. The van der Waals surface area contributed by atoms with Crippen LogP contribution in [0, 0.1) is 4.77 Å². The van der Waals surface area contributed by atoms with Crippen LogP contribution in [0.15, 0.2) is 42.6 Å². The summed E-state index contributed by atoms with van der Waals surface area (Å²) >= 11 is 5.45. The number of pyridine rings is 1. The number of aromatic amines is 1. The van der Waals surface area contributed by atoms with Gasteiger partial charge in [-0.05, 0) is 43.4 Å². The highest BCUT2D eigenvalue weighted by molar-refractivity contribution is 7.71. The predicted molar refractivity (Wildman–Crippen MR) is 81.7 cm³/mol. The molecule has 3 rings (SSSR count). The first-order chi connectivity index (χ1) is 9.70.